The van der Waals surface area contributed by atoms with Gasteiger partial charge in [-0.3, -0.25) is 0 Å². The van der Waals surface area contributed by atoms with E-state index in [9.17, 15) is 5.11 Å². The third kappa shape index (κ3) is 2.06. The maximum atomic E-state index is 9.24. The fraction of sp³-hybridized carbons (Fsp3) is 0.400. The number of aliphatic hydroxyl groups is 2. The van der Waals surface area contributed by atoms with Gasteiger partial charge in [0.15, 0.2) is 0 Å². The molecule has 0 aliphatic carbocycles. The third-order valence-corrected chi connectivity index (χ3v) is 1.95. The number of aliphatic hydroxyl groups excluding tert-OH is 2. The van der Waals surface area contributed by atoms with Gasteiger partial charge < -0.3 is 10.2 Å². The summed E-state index contributed by atoms with van der Waals surface area (Å²) in [4.78, 5) is 0. The fourth-order valence-corrected chi connectivity index (χ4v) is 1.08. The van der Waals surface area contributed by atoms with Crippen LogP contribution in [0.4, 0.5) is 0 Å². The van der Waals surface area contributed by atoms with Crippen LogP contribution in [0.25, 0.3) is 0 Å². The van der Waals surface area contributed by atoms with Gasteiger partial charge in [0.05, 0.1) is 6.61 Å². The quantitative estimate of drug-likeness (QED) is 0.710. The molecule has 0 aliphatic heterocycles. The molecule has 0 amide bonds. The van der Waals surface area contributed by atoms with Crippen LogP contribution >= 0.6 is 0 Å². The SMILES string of the molecule is CCc1ccc([C@@H](O)CO)cc1. The van der Waals surface area contributed by atoms with E-state index in [0.29, 0.717) is 0 Å². The molecule has 1 rings (SSSR count). The summed E-state index contributed by atoms with van der Waals surface area (Å²) in [6.45, 7) is 1.86. The van der Waals surface area contributed by atoms with Crippen molar-refractivity contribution in [3.63, 3.8) is 0 Å². The van der Waals surface area contributed by atoms with Crippen molar-refractivity contribution in [1.82, 2.24) is 0 Å². The van der Waals surface area contributed by atoms with E-state index in [2.05, 4.69) is 6.92 Å². The van der Waals surface area contributed by atoms with Gasteiger partial charge in [-0.2, -0.15) is 0 Å². The number of hydrogen-bond donors (Lipinski definition) is 2. The van der Waals surface area contributed by atoms with Gasteiger partial charge in [-0.15, -0.1) is 0 Å². The lowest BCUT2D eigenvalue weighted by Gasteiger charge is -2.07. The Balaban J connectivity index is 2.77. The summed E-state index contributed by atoms with van der Waals surface area (Å²) in [6.07, 6.45) is 0.256. The van der Waals surface area contributed by atoms with E-state index in [4.69, 9.17) is 5.11 Å². The zero-order valence-corrected chi connectivity index (χ0v) is 7.20. The number of benzene rings is 1. The number of rotatable bonds is 3. The zero-order valence-electron chi connectivity index (χ0n) is 7.20. The second-order valence-corrected chi connectivity index (χ2v) is 2.79. The highest BCUT2D eigenvalue weighted by molar-refractivity contribution is 5.23. The van der Waals surface area contributed by atoms with Crippen LogP contribution in [0.5, 0.6) is 0 Å². The molecule has 0 saturated heterocycles. The van der Waals surface area contributed by atoms with Crippen LogP contribution in [0.2, 0.25) is 0 Å². The van der Waals surface area contributed by atoms with Crippen LogP contribution in [0.1, 0.15) is 24.2 Å². The summed E-state index contributed by atoms with van der Waals surface area (Å²) >= 11 is 0. The predicted octanol–water partition coefficient (Wildman–Crippen LogP) is 1.27. The fourth-order valence-electron chi connectivity index (χ4n) is 1.08. The van der Waals surface area contributed by atoms with Crippen LogP contribution in [-0.2, 0) is 6.42 Å². The van der Waals surface area contributed by atoms with Crippen LogP contribution in [0.15, 0.2) is 24.3 Å². The Bertz CT molecular complexity index is 228. The van der Waals surface area contributed by atoms with Gasteiger partial charge in [-0.05, 0) is 17.5 Å². The molecule has 0 fully saturated rings. The Morgan fingerprint density at radius 2 is 1.83 bits per heavy atom. The molecule has 0 saturated carbocycles. The molecular weight excluding hydrogens is 152 g/mol. The van der Waals surface area contributed by atoms with Gasteiger partial charge in [0.25, 0.3) is 0 Å². The largest absolute Gasteiger partial charge is 0.393 e. The average Bonchev–Trinajstić information content (AvgIpc) is 2.17. The molecule has 2 nitrogen and oxygen atoms in total. The monoisotopic (exact) mass is 166 g/mol. The molecule has 2 heteroatoms. The first-order chi connectivity index (χ1) is 5.77. The predicted molar refractivity (Wildman–Crippen MR) is 47.9 cm³/mol. The Labute approximate surface area is 72.5 Å². The van der Waals surface area contributed by atoms with Gasteiger partial charge in [-0.1, -0.05) is 31.2 Å². The molecule has 0 heterocycles. The Hall–Kier alpha value is -0.860. The lowest BCUT2D eigenvalue weighted by molar-refractivity contribution is 0.0956. The second-order valence-electron chi connectivity index (χ2n) is 2.79. The molecule has 1 aromatic carbocycles. The highest BCUT2D eigenvalue weighted by Crippen LogP contribution is 2.12. The molecule has 1 aromatic rings. The van der Waals surface area contributed by atoms with Crippen LogP contribution in [-0.4, -0.2) is 16.8 Å². The van der Waals surface area contributed by atoms with E-state index in [1.165, 1.54) is 5.56 Å². The van der Waals surface area contributed by atoms with E-state index >= 15 is 0 Å². The highest BCUT2D eigenvalue weighted by Gasteiger charge is 2.03. The summed E-state index contributed by atoms with van der Waals surface area (Å²) in [6, 6.07) is 7.63. The minimum Gasteiger partial charge on any atom is -0.393 e. The molecule has 0 aromatic heterocycles. The van der Waals surface area contributed by atoms with Gasteiger partial charge >= 0.3 is 0 Å². The first kappa shape index (κ1) is 9.23. The molecule has 12 heavy (non-hydrogen) atoms. The molecule has 1 atom stereocenters. The third-order valence-electron chi connectivity index (χ3n) is 1.95. The van der Waals surface area contributed by atoms with Crippen molar-refractivity contribution in [2.45, 2.75) is 19.4 Å². The number of aryl methyl sites for hydroxylation is 1. The summed E-state index contributed by atoms with van der Waals surface area (Å²) in [5, 5.41) is 17.9. The second kappa shape index (κ2) is 4.24. The Morgan fingerprint density at radius 3 is 2.25 bits per heavy atom. The van der Waals surface area contributed by atoms with Crippen LogP contribution < -0.4 is 0 Å². The van der Waals surface area contributed by atoms with E-state index in [1.807, 2.05) is 24.3 Å². The van der Waals surface area contributed by atoms with E-state index in [1.54, 1.807) is 0 Å². The molecular formula is C10H14O2. The smallest absolute Gasteiger partial charge is 0.102 e. The minimum atomic E-state index is -0.740. The molecule has 66 valence electrons. The van der Waals surface area contributed by atoms with Crippen molar-refractivity contribution >= 4 is 0 Å². The molecule has 0 spiro atoms. The van der Waals surface area contributed by atoms with Crippen molar-refractivity contribution in [2.24, 2.45) is 0 Å². The molecule has 0 radical (unpaired) electrons. The van der Waals surface area contributed by atoms with Gasteiger partial charge in [0.1, 0.15) is 6.10 Å². The first-order valence-electron chi connectivity index (χ1n) is 4.15. The van der Waals surface area contributed by atoms with Crippen LogP contribution in [0.3, 0.4) is 0 Å². The lowest BCUT2D eigenvalue weighted by Crippen LogP contribution is -2.01. The van der Waals surface area contributed by atoms with Gasteiger partial charge in [-0.25, -0.2) is 0 Å². The summed E-state index contributed by atoms with van der Waals surface area (Å²) in [7, 11) is 0. The van der Waals surface area contributed by atoms with Crippen molar-refractivity contribution < 1.29 is 10.2 Å². The lowest BCUT2D eigenvalue weighted by atomic mass is 10.1. The summed E-state index contributed by atoms with van der Waals surface area (Å²) in [5.74, 6) is 0. The molecule has 0 bridgehead atoms. The number of hydrogen-bond acceptors (Lipinski definition) is 2. The zero-order chi connectivity index (χ0) is 8.97. The topological polar surface area (TPSA) is 40.5 Å². The highest BCUT2D eigenvalue weighted by atomic mass is 16.3. The van der Waals surface area contributed by atoms with E-state index < -0.39 is 6.10 Å². The normalized spacial score (nSPS) is 12.9. The first-order valence-corrected chi connectivity index (χ1v) is 4.15. The van der Waals surface area contributed by atoms with Gasteiger partial charge in [0.2, 0.25) is 0 Å². The minimum absolute atomic E-state index is 0.217. The van der Waals surface area contributed by atoms with E-state index in [0.717, 1.165) is 12.0 Å². The van der Waals surface area contributed by atoms with E-state index in [-0.39, 0.29) is 6.61 Å². The maximum Gasteiger partial charge on any atom is 0.102 e. The van der Waals surface area contributed by atoms with Crippen molar-refractivity contribution in [1.29, 1.82) is 0 Å². The summed E-state index contributed by atoms with van der Waals surface area (Å²) < 4.78 is 0. The maximum absolute atomic E-state index is 9.24. The van der Waals surface area contributed by atoms with Crippen LogP contribution in [0, 0.1) is 0 Å². The molecule has 0 aliphatic rings. The van der Waals surface area contributed by atoms with Crippen molar-refractivity contribution in [3.05, 3.63) is 35.4 Å². The Morgan fingerprint density at radius 1 is 1.25 bits per heavy atom. The Kier molecular flexibility index (Phi) is 3.26. The molecule has 0 unspecified atom stereocenters. The standard InChI is InChI=1S/C10H14O2/c1-2-8-3-5-9(6-4-8)10(12)7-11/h3-6,10-12H,2,7H2,1H3/t10-/m0/s1. The van der Waals surface area contributed by atoms with Crippen molar-refractivity contribution in [3.8, 4) is 0 Å². The average molecular weight is 166 g/mol. The molecule has 2 N–H and O–H groups in total. The summed E-state index contributed by atoms with van der Waals surface area (Å²) in [5.41, 5.74) is 2.01. The van der Waals surface area contributed by atoms with Gasteiger partial charge in [0, 0.05) is 0 Å². The van der Waals surface area contributed by atoms with Crippen molar-refractivity contribution in [2.75, 3.05) is 6.61 Å².